The van der Waals surface area contributed by atoms with Gasteiger partial charge >= 0.3 is 6.09 Å². The lowest BCUT2D eigenvalue weighted by Gasteiger charge is -2.35. The van der Waals surface area contributed by atoms with Gasteiger partial charge in [0.05, 0.1) is 0 Å². The molecule has 2 aromatic rings. The number of aromatic hydroxyl groups is 1. The number of carbonyl (C=O) groups is 3. The summed E-state index contributed by atoms with van der Waals surface area (Å²) < 4.78 is 5.45. The molecule has 0 fully saturated rings. The fraction of sp³-hybridized carbons (Fsp3) is 0.500. The van der Waals surface area contributed by atoms with Gasteiger partial charge < -0.3 is 25.4 Å². The number of amides is 3. The van der Waals surface area contributed by atoms with Gasteiger partial charge in [-0.1, -0.05) is 50.2 Å². The molecule has 2 aromatic carbocycles. The molecule has 0 aliphatic heterocycles. The van der Waals surface area contributed by atoms with Crippen LogP contribution in [0.1, 0.15) is 77.6 Å². The number of rotatable bonds is 11. The van der Waals surface area contributed by atoms with Gasteiger partial charge in [-0.2, -0.15) is 0 Å². The summed E-state index contributed by atoms with van der Waals surface area (Å²) in [6, 6.07) is 12.2. The quantitative estimate of drug-likeness (QED) is 0.387. The Morgan fingerprint density at radius 1 is 0.921 bits per heavy atom. The highest BCUT2D eigenvalue weighted by Crippen LogP contribution is 2.25. The van der Waals surface area contributed by atoms with E-state index in [1.165, 1.54) is 12.1 Å². The summed E-state index contributed by atoms with van der Waals surface area (Å²) in [6.45, 7) is 13.3. The summed E-state index contributed by atoms with van der Waals surface area (Å²) in [5, 5.41) is 15.4. The number of hydrogen-bond donors (Lipinski definition) is 3. The van der Waals surface area contributed by atoms with Crippen LogP contribution >= 0.6 is 0 Å². The lowest BCUT2D eigenvalue weighted by atomic mass is 9.98. The first-order valence-corrected chi connectivity index (χ1v) is 13.3. The van der Waals surface area contributed by atoms with Crippen LogP contribution in [0.3, 0.4) is 0 Å². The van der Waals surface area contributed by atoms with Crippen molar-refractivity contribution in [3.05, 3.63) is 65.2 Å². The average molecular weight is 526 g/mol. The van der Waals surface area contributed by atoms with E-state index in [9.17, 15) is 19.5 Å². The molecule has 2 atom stereocenters. The largest absolute Gasteiger partial charge is 0.508 e. The standard InChI is InChI=1S/C30H43N3O5/c1-8-18-33(26(27(35)31-20(3)4)23-14-10-21(9-2)11-15-23)28(36)25(32-29(37)38-30(5,6)7)19-22-12-16-24(34)17-13-22/h10-17,20,25-26,34H,8-9,18-19H2,1-7H3,(H,31,35)(H,32,37). The van der Waals surface area contributed by atoms with E-state index in [1.807, 2.05) is 45.0 Å². The molecule has 2 rings (SSSR count). The van der Waals surface area contributed by atoms with Crippen molar-refractivity contribution in [1.82, 2.24) is 15.5 Å². The topological polar surface area (TPSA) is 108 Å². The zero-order valence-corrected chi connectivity index (χ0v) is 23.7. The Balaban J connectivity index is 2.51. The van der Waals surface area contributed by atoms with Crippen molar-refractivity contribution in [1.29, 1.82) is 0 Å². The average Bonchev–Trinajstić information content (AvgIpc) is 2.83. The number of phenols is 1. The second-order valence-electron chi connectivity index (χ2n) is 10.8. The Bertz CT molecular complexity index is 1060. The summed E-state index contributed by atoms with van der Waals surface area (Å²) in [5.41, 5.74) is 1.81. The van der Waals surface area contributed by atoms with Crippen LogP contribution in [-0.4, -0.2) is 52.1 Å². The van der Waals surface area contributed by atoms with E-state index in [0.717, 1.165) is 17.5 Å². The zero-order valence-electron chi connectivity index (χ0n) is 23.7. The van der Waals surface area contributed by atoms with Crippen molar-refractivity contribution in [2.24, 2.45) is 0 Å². The molecule has 208 valence electrons. The molecule has 3 amide bonds. The fourth-order valence-electron chi connectivity index (χ4n) is 4.10. The monoisotopic (exact) mass is 525 g/mol. The van der Waals surface area contributed by atoms with Gasteiger partial charge in [-0.25, -0.2) is 4.79 Å². The molecule has 8 nitrogen and oxygen atoms in total. The Morgan fingerprint density at radius 2 is 1.50 bits per heavy atom. The smallest absolute Gasteiger partial charge is 0.408 e. The van der Waals surface area contributed by atoms with Crippen molar-refractivity contribution in [2.45, 2.75) is 91.5 Å². The fourth-order valence-corrected chi connectivity index (χ4v) is 4.10. The maximum Gasteiger partial charge on any atom is 0.408 e. The van der Waals surface area contributed by atoms with Crippen LogP contribution in [0, 0.1) is 0 Å². The molecule has 0 spiro atoms. The predicted octanol–water partition coefficient (Wildman–Crippen LogP) is 4.89. The Hall–Kier alpha value is -3.55. The van der Waals surface area contributed by atoms with Crippen molar-refractivity contribution in [3.8, 4) is 5.75 Å². The summed E-state index contributed by atoms with van der Waals surface area (Å²) in [4.78, 5) is 42.0. The first-order chi connectivity index (χ1) is 17.8. The third-order valence-corrected chi connectivity index (χ3v) is 5.81. The van der Waals surface area contributed by atoms with Gasteiger partial charge in [0.1, 0.15) is 23.4 Å². The number of nitrogens with zero attached hydrogens (tertiary/aromatic N) is 1. The third-order valence-electron chi connectivity index (χ3n) is 5.81. The molecule has 0 aromatic heterocycles. The second-order valence-corrected chi connectivity index (χ2v) is 10.8. The summed E-state index contributed by atoms with van der Waals surface area (Å²) in [5.74, 6) is -0.578. The van der Waals surface area contributed by atoms with E-state index < -0.39 is 29.7 Å². The van der Waals surface area contributed by atoms with Crippen molar-refractivity contribution < 1.29 is 24.2 Å². The van der Waals surface area contributed by atoms with E-state index in [4.69, 9.17) is 4.74 Å². The van der Waals surface area contributed by atoms with E-state index in [1.54, 1.807) is 37.8 Å². The highest BCUT2D eigenvalue weighted by Gasteiger charge is 2.36. The molecular weight excluding hydrogens is 482 g/mol. The van der Waals surface area contributed by atoms with Crippen LogP contribution in [0.15, 0.2) is 48.5 Å². The summed E-state index contributed by atoms with van der Waals surface area (Å²) >= 11 is 0. The minimum absolute atomic E-state index is 0.102. The minimum Gasteiger partial charge on any atom is -0.508 e. The Kier molecular flexibility index (Phi) is 11.2. The van der Waals surface area contributed by atoms with Crippen LogP contribution in [0.25, 0.3) is 0 Å². The highest BCUT2D eigenvalue weighted by atomic mass is 16.6. The lowest BCUT2D eigenvalue weighted by molar-refractivity contribution is -0.142. The van der Waals surface area contributed by atoms with Gasteiger partial charge in [-0.05, 0) is 76.3 Å². The number of nitrogens with one attached hydrogen (secondary N) is 2. The van der Waals surface area contributed by atoms with Crippen molar-refractivity contribution >= 4 is 17.9 Å². The molecular formula is C30H43N3O5. The van der Waals surface area contributed by atoms with Crippen LogP contribution in [0.5, 0.6) is 5.75 Å². The number of aryl methyl sites for hydroxylation is 1. The molecule has 0 saturated carbocycles. The summed E-state index contributed by atoms with van der Waals surface area (Å²) in [7, 11) is 0. The van der Waals surface area contributed by atoms with E-state index in [-0.39, 0.29) is 24.1 Å². The predicted molar refractivity (Wildman–Crippen MR) is 149 cm³/mol. The minimum atomic E-state index is -0.995. The first-order valence-electron chi connectivity index (χ1n) is 13.3. The van der Waals surface area contributed by atoms with E-state index >= 15 is 0 Å². The molecule has 3 N–H and O–H groups in total. The van der Waals surface area contributed by atoms with Gasteiger partial charge in [0.2, 0.25) is 11.8 Å². The molecule has 0 saturated heterocycles. The van der Waals surface area contributed by atoms with Crippen LogP contribution in [0.2, 0.25) is 0 Å². The number of alkyl carbamates (subject to hydrolysis) is 1. The summed E-state index contributed by atoms with van der Waals surface area (Å²) in [6.07, 6.45) is 0.908. The number of phenolic OH excluding ortho intramolecular Hbond substituents is 1. The molecule has 8 heteroatoms. The molecule has 38 heavy (non-hydrogen) atoms. The molecule has 0 radical (unpaired) electrons. The number of hydrogen-bond acceptors (Lipinski definition) is 5. The van der Waals surface area contributed by atoms with Crippen LogP contribution in [-0.2, 0) is 27.2 Å². The van der Waals surface area contributed by atoms with Gasteiger partial charge in [0.25, 0.3) is 0 Å². The van der Waals surface area contributed by atoms with Crippen molar-refractivity contribution in [3.63, 3.8) is 0 Å². The maximum absolute atomic E-state index is 14.2. The molecule has 0 bridgehead atoms. The zero-order chi connectivity index (χ0) is 28.5. The van der Waals surface area contributed by atoms with Gasteiger partial charge in [0.15, 0.2) is 0 Å². The van der Waals surface area contributed by atoms with E-state index in [2.05, 4.69) is 17.6 Å². The molecule has 0 aliphatic rings. The molecule has 0 aliphatic carbocycles. The lowest BCUT2D eigenvalue weighted by Crippen LogP contribution is -2.54. The van der Waals surface area contributed by atoms with Crippen LogP contribution in [0.4, 0.5) is 4.79 Å². The third kappa shape index (κ3) is 9.39. The van der Waals surface area contributed by atoms with E-state index in [0.29, 0.717) is 18.5 Å². The van der Waals surface area contributed by atoms with Crippen molar-refractivity contribution in [2.75, 3.05) is 6.54 Å². The van der Waals surface area contributed by atoms with Gasteiger partial charge in [-0.15, -0.1) is 0 Å². The highest BCUT2D eigenvalue weighted by molar-refractivity contribution is 5.92. The Morgan fingerprint density at radius 3 is 2.00 bits per heavy atom. The number of carbonyl (C=O) groups excluding carboxylic acids is 3. The van der Waals surface area contributed by atoms with Gasteiger partial charge in [-0.3, -0.25) is 9.59 Å². The number of benzene rings is 2. The van der Waals surface area contributed by atoms with Crippen LogP contribution < -0.4 is 10.6 Å². The second kappa shape index (κ2) is 13.8. The number of ether oxygens (including phenoxy) is 1. The maximum atomic E-state index is 14.2. The Labute approximate surface area is 226 Å². The normalized spacial score (nSPS) is 12.9. The molecule has 2 unspecified atom stereocenters. The van der Waals surface area contributed by atoms with Gasteiger partial charge in [0, 0.05) is 19.0 Å². The SMILES string of the molecule is CCCN(C(=O)C(Cc1ccc(O)cc1)NC(=O)OC(C)(C)C)C(C(=O)NC(C)C)c1ccc(CC)cc1. The molecule has 0 heterocycles. The first kappa shape index (κ1) is 30.7.